The Morgan fingerprint density at radius 1 is 1.21 bits per heavy atom. The average Bonchev–Trinajstić information content (AvgIpc) is 3.02. The van der Waals surface area contributed by atoms with Gasteiger partial charge in [0.25, 0.3) is 5.91 Å². The van der Waals surface area contributed by atoms with Crippen LogP contribution in [0.3, 0.4) is 0 Å². The van der Waals surface area contributed by atoms with Crippen molar-refractivity contribution < 1.29 is 14.3 Å². The van der Waals surface area contributed by atoms with Crippen LogP contribution in [0.15, 0.2) is 53.5 Å². The molecule has 0 aliphatic carbocycles. The van der Waals surface area contributed by atoms with Crippen LogP contribution < -0.4 is 20.5 Å². The van der Waals surface area contributed by atoms with E-state index in [1.54, 1.807) is 37.5 Å². The number of rotatable bonds is 5. The lowest BCUT2D eigenvalue weighted by atomic mass is 10.2. The molecule has 2 aromatic heterocycles. The second kappa shape index (κ2) is 7.55. The summed E-state index contributed by atoms with van der Waals surface area (Å²) in [5, 5.41) is 7.07. The van der Waals surface area contributed by atoms with E-state index in [4.69, 9.17) is 9.47 Å². The number of nitrogens with one attached hydrogen (secondary N) is 1. The molecule has 1 aliphatic heterocycles. The number of nitrogens with zero attached hydrogens (tertiary/aromatic N) is 4. The van der Waals surface area contributed by atoms with E-state index in [2.05, 4.69) is 15.4 Å². The number of fused-ring (bicyclic) bond motifs is 1. The van der Waals surface area contributed by atoms with Crippen LogP contribution in [0.2, 0.25) is 0 Å². The lowest BCUT2D eigenvalue weighted by Crippen LogP contribution is -2.45. The molecule has 9 heteroatoms. The second-order valence-electron chi connectivity index (χ2n) is 6.26. The zero-order valence-electron chi connectivity index (χ0n) is 15.2. The molecule has 0 radical (unpaired) electrons. The molecule has 3 heterocycles. The van der Waals surface area contributed by atoms with Gasteiger partial charge in [-0.15, -0.1) is 5.10 Å². The summed E-state index contributed by atoms with van der Waals surface area (Å²) in [7, 11) is 1.64. The number of amides is 1. The molecule has 1 aromatic carbocycles. The van der Waals surface area contributed by atoms with E-state index in [1.165, 1.54) is 9.25 Å². The van der Waals surface area contributed by atoms with E-state index in [-0.39, 0.29) is 31.3 Å². The van der Waals surface area contributed by atoms with Crippen LogP contribution in [0.1, 0.15) is 0 Å². The summed E-state index contributed by atoms with van der Waals surface area (Å²) in [4.78, 5) is 28.9. The number of ether oxygens (including phenoxy) is 2. The van der Waals surface area contributed by atoms with Gasteiger partial charge >= 0.3 is 5.69 Å². The van der Waals surface area contributed by atoms with Crippen molar-refractivity contribution in [3.05, 3.63) is 59.1 Å². The van der Waals surface area contributed by atoms with Crippen LogP contribution in [0, 0.1) is 0 Å². The monoisotopic (exact) mass is 381 g/mol. The van der Waals surface area contributed by atoms with Gasteiger partial charge in [0.1, 0.15) is 12.3 Å². The van der Waals surface area contributed by atoms with E-state index in [0.717, 1.165) is 0 Å². The number of benzene rings is 1. The van der Waals surface area contributed by atoms with Crippen molar-refractivity contribution in [1.29, 1.82) is 0 Å². The maximum absolute atomic E-state index is 12.4. The van der Waals surface area contributed by atoms with Crippen molar-refractivity contribution in [3.8, 4) is 23.0 Å². The van der Waals surface area contributed by atoms with Gasteiger partial charge in [0.05, 0.1) is 6.54 Å². The molecular formula is C19H19N5O4. The lowest BCUT2D eigenvalue weighted by Gasteiger charge is -2.25. The van der Waals surface area contributed by atoms with Gasteiger partial charge in [0.2, 0.25) is 6.10 Å². The van der Waals surface area contributed by atoms with Gasteiger partial charge in [-0.3, -0.25) is 14.3 Å². The summed E-state index contributed by atoms with van der Waals surface area (Å²) in [5.74, 6) is 1.32. The fourth-order valence-electron chi connectivity index (χ4n) is 2.90. The molecule has 1 N–H and O–H groups in total. The number of hydrogen-bond donors (Lipinski definition) is 1. The zero-order chi connectivity index (χ0) is 19.5. The van der Waals surface area contributed by atoms with Crippen LogP contribution >= 0.6 is 0 Å². The SMILES string of the molecule is Cn1c(-c2ccccn2)nn(CCNC(=O)C2COc3ccccc3O2)c1=O. The molecule has 1 unspecified atom stereocenters. The Labute approximate surface area is 160 Å². The lowest BCUT2D eigenvalue weighted by molar-refractivity contribution is -0.130. The van der Waals surface area contributed by atoms with Gasteiger partial charge in [0, 0.05) is 19.8 Å². The quantitative estimate of drug-likeness (QED) is 0.695. The molecule has 1 aliphatic rings. The Balaban J connectivity index is 1.37. The average molecular weight is 381 g/mol. The van der Waals surface area contributed by atoms with Crippen molar-refractivity contribution in [2.75, 3.05) is 13.2 Å². The highest BCUT2D eigenvalue weighted by Gasteiger charge is 2.27. The number of carbonyl (C=O) groups is 1. The third-order valence-electron chi connectivity index (χ3n) is 4.36. The molecular weight excluding hydrogens is 362 g/mol. The van der Waals surface area contributed by atoms with Crippen LogP contribution in [-0.4, -0.2) is 44.5 Å². The third kappa shape index (κ3) is 3.46. The molecule has 0 fully saturated rings. The maximum atomic E-state index is 12.4. The maximum Gasteiger partial charge on any atom is 0.346 e. The van der Waals surface area contributed by atoms with Gasteiger partial charge in [-0.25, -0.2) is 9.48 Å². The van der Waals surface area contributed by atoms with Crippen molar-refractivity contribution in [2.45, 2.75) is 12.6 Å². The molecule has 1 amide bonds. The Bertz CT molecular complexity index is 1040. The normalized spacial score (nSPS) is 15.2. The van der Waals surface area contributed by atoms with Gasteiger partial charge in [-0.1, -0.05) is 18.2 Å². The third-order valence-corrected chi connectivity index (χ3v) is 4.36. The summed E-state index contributed by atoms with van der Waals surface area (Å²) < 4.78 is 13.9. The van der Waals surface area contributed by atoms with Gasteiger partial charge in [-0.05, 0) is 24.3 Å². The topological polar surface area (TPSA) is 100 Å². The molecule has 9 nitrogen and oxygen atoms in total. The molecule has 4 rings (SSSR count). The number of pyridine rings is 1. The number of hydrogen-bond acceptors (Lipinski definition) is 6. The van der Waals surface area contributed by atoms with Gasteiger partial charge in [-0.2, -0.15) is 0 Å². The van der Waals surface area contributed by atoms with Crippen molar-refractivity contribution >= 4 is 5.91 Å². The smallest absolute Gasteiger partial charge is 0.346 e. The van der Waals surface area contributed by atoms with E-state index >= 15 is 0 Å². The van der Waals surface area contributed by atoms with Gasteiger partial charge < -0.3 is 14.8 Å². The van der Waals surface area contributed by atoms with Crippen molar-refractivity contribution in [3.63, 3.8) is 0 Å². The highest BCUT2D eigenvalue weighted by Crippen LogP contribution is 2.30. The summed E-state index contributed by atoms with van der Waals surface area (Å²) >= 11 is 0. The fraction of sp³-hybridized carbons (Fsp3) is 0.263. The highest BCUT2D eigenvalue weighted by molar-refractivity contribution is 5.81. The minimum absolute atomic E-state index is 0.135. The molecule has 0 spiro atoms. The van der Waals surface area contributed by atoms with E-state index in [0.29, 0.717) is 23.0 Å². The molecule has 0 saturated heterocycles. The molecule has 3 aromatic rings. The molecule has 144 valence electrons. The highest BCUT2D eigenvalue weighted by atomic mass is 16.6. The first kappa shape index (κ1) is 17.8. The molecule has 28 heavy (non-hydrogen) atoms. The largest absolute Gasteiger partial charge is 0.485 e. The summed E-state index contributed by atoms with van der Waals surface area (Å²) in [6.07, 6.45) is 0.906. The van der Waals surface area contributed by atoms with E-state index < -0.39 is 6.10 Å². The molecule has 0 saturated carbocycles. The van der Waals surface area contributed by atoms with E-state index in [9.17, 15) is 9.59 Å². The minimum atomic E-state index is -0.737. The number of carbonyl (C=O) groups excluding carboxylic acids is 1. The first-order chi connectivity index (χ1) is 13.6. The van der Waals surface area contributed by atoms with Crippen molar-refractivity contribution in [1.82, 2.24) is 24.6 Å². The minimum Gasteiger partial charge on any atom is -0.485 e. The summed E-state index contributed by atoms with van der Waals surface area (Å²) in [6, 6.07) is 12.6. The Hall–Kier alpha value is -3.62. The van der Waals surface area contributed by atoms with E-state index in [1.807, 2.05) is 18.2 Å². The Morgan fingerprint density at radius 3 is 2.79 bits per heavy atom. The van der Waals surface area contributed by atoms with Gasteiger partial charge in [0.15, 0.2) is 17.3 Å². The number of para-hydroxylation sites is 2. The van der Waals surface area contributed by atoms with Crippen LogP contribution in [0.25, 0.3) is 11.5 Å². The van der Waals surface area contributed by atoms with Crippen LogP contribution in [0.4, 0.5) is 0 Å². The van der Waals surface area contributed by atoms with Crippen molar-refractivity contribution in [2.24, 2.45) is 7.05 Å². The summed E-state index contributed by atoms with van der Waals surface area (Å²) in [6.45, 7) is 0.602. The molecule has 1 atom stereocenters. The zero-order valence-corrected chi connectivity index (χ0v) is 15.2. The fourth-order valence-corrected chi connectivity index (χ4v) is 2.90. The standard InChI is InChI=1S/C19H19N5O4/c1-23-17(13-6-4-5-9-20-13)22-24(19(23)26)11-10-21-18(25)16-12-27-14-7-2-3-8-15(14)28-16/h2-9,16H,10-12H2,1H3,(H,21,25). The summed E-state index contributed by atoms with van der Waals surface area (Å²) in [5.41, 5.74) is 0.331. The van der Waals surface area contributed by atoms with Crippen LogP contribution in [0.5, 0.6) is 11.5 Å². The predicted molar refractivity (Wildman–Crippen MR) is 100 cm³/mol. The predicted octanol–water partition coefficient (Wildman–Crippen LogP) is 0.600. The number of aromatic nitrogens is 4. The first-order valence-corrected chi connectivity index (χ1v) is 8.85. The first-order valence-electron chi connectivity index (χ1n) is 8.85. The second-order valence-corrected chi connectivity index (χ2v) is 6.26. The molecule has 0 bridgehead atoms. The van der Waals surface area contributed by atoms with Crippen LogP contribution in [-0.2, 0) is 18.4 Å². The Morgan fingerprint density at radius 2 is 2.00 bits per heavy atom. The Kier molecular flexibility index (Phi) is 4.79.